The molecule has 28 heavy (non-hydrogen) atoms. The number of rotatable bonds is 8. The van der Waals surface area contributed by atoms with Gasteiger partial charge in [0.1, 0.15) is 17.4 Å². The third-order valence-electron chi connectivity index (χ3n) is 4.58. The minimum Gasteiger partial charge on any atom is -0.495 e. The van der Waals surface area contributed by atoms with Crippen molar-refractivity contribution in [3.05, 3.63) is 47.9 Å². The van der Waals surface area contributed by atoms with Gasteiger partial charge in [-0.1, -0.05) is 6.08 Å². The Kier molecular flexibility index (Phi) is 6.78. The highest BCUT2D eigenvalue weighted by molar-refractivity contribution is 5.64. The minimum atomic E-state index is -0.299. The van der Waals surface area contributed by atoms with Crippen LogP contribution in [0.1, 0.15) is 11.1 Å². The van der Waals surface area contributed by atoms with Gasteiger partial charge >= 0.3 is 0 Å². The van der Waals surface area contributed by atoms with E-state index in [2.05, 4.69) is 32.1 Å². The molecule has 1 aromatic carbocycles. The van der Waals surface area contributed by atoms with E-state index < -0.39 is 0 Å². The number of allylic oxidation sites excluding steroid dienone is 1. The predicted molar refractivity (Wildman–Crippen MR) is 108 cm³/mol. The van der Waals surface area contributed by atoms with Crippen LogP contribution in [-0.4, -0.2) is 55.3 Å². The van der Waals surface area contributed by atoms with E-state index in [0.29, 0.717) is 54.9 Å². The highest BCUT2D eigenvalue weighted by Crippen LogP contribution is 2.31. The van der Waals surface area contributed by atoms with E-state index in [1.165, 1.54) is 6.07 Å². The quantitative estimate of drug-likeness (QED) is 0.675. The summed E-state index contributed by atoms with van der Waals surface area (Å²) in [7, 11) is 3.35. The Hall–Kier alpha value is -2.71. The van der Waals surface area contributed by atoms with E-state index in [-0.39, 0.29) is 5.82 Å². The molecule has 0 saturated carbocycles. The number of aromatic nitrogens is 2. The maximum absolute atomic E-state index is 14.7. The highest BCUT2D eigenvalue weighted by atomic mass is 19.1. The van der Waals surface area contributed by atoms with Crippen molar-refractivity contribution in [3.63, 3.8) is 0 Å². The number of methoxy groups -OCH3 is 1. The molecule has 0 spiro atoms. The molecule has 0 radical (unpaired) electrons. The third-order valence-corrected chi connectivity index (χ3v) is 4.58. The van der Waals surface area contributed by atoms with Crippen molar-refractivity contribution in [1.82, 2.24) is 14.9 Å². The van der Waals surface area contributed by atoms with Crippen molar-refractivity contribution in [1.29, 1.82) is 0 Å². The van der Waals surface area contributed by atoms with Crippen LogP contribution in [-0.2, 0) is 17.7 Å². The number of ether oxygens (including phenoxy) is 2. The summed E-state index contributed by atoms with van der Waals surface area (Å²) in [6.07, 6.45) is 4.17. The zero-order valence-electron chi connectivity index (χ0n) is 16.3. The molecule has 1 aromatic heterocycles. The summed E-state index contributed by atoms with van der Waals surface area (Å²) in [5.74, 6) is 1.29. The van der Waals surface area contributed by atoms with Gasteiger partial charge in [-0.25, -0.2) is 9.37 Å². The van der Waals surface area contributed by atoms with Gasteiger partial charge in [-0.2, -0.15) is 4.98 Å². The van der Waals surface area contributed by atoms with Crippen molar-refractivity contribution in [2.75, 3.05) is 51.1 Å². The molecule has 0 atom stereocenters. The Labute approximate surface area is 164 Å². The fourth-order valence-corrected chi connectivity index (χ4v) is 3.09. The van der Waals surface area contributed by atoms with Gasteiger partial charge in [0.2, 0.25) is 5.95 Å². The first-order chi connectivity index (χ1) is 13.6. The number of anilines is 3. The molecule has 0 bridgehead atoms. The van der Waals surface area contributed by atoms with Crippen molar-refractivity contribution in [2.45, 2.75) is 13.0 Å². The highest BCUT2D eigenvalue weighted by Gasteiger charge is 2.17. The van der Waals surface area contributed by atoms with E-state index in [1.807, 2.05) is 0 Å². The maximum Gasteiger partial charge on any atom is 0.229 e. The van der Waals surface area contributed by atoms with Gasteiger partial charge < -0.3 is 20.1 Å². The Morgan fingerprint density at radius 3 is 2.79 bits per heavy atom. The number of nitrogens with zero attached hydrogens (tertiary/aromatic N) is 3. The molecule has 1 aliphatic rings. The van der Waals surface area contributed by atoms with Gasteiger partial charge in [-0.05, 0) is 12.5 Å². The van der Waals surface area contributed by atoms with Gasteiger partial charge in [0.25, 0.3) is 0 Å². The average Bonchev–Trinajstić information content (AvgIpc) is 2.72. The molecule has 2 N–H and O–H groups in total. The van der Waals surface area contributed by atoms with Crippen molar-refractivity contribution in [2.24, 2.45) is 0 Å². The molecule has 0 aliphatic carbocycles. The number of benzene rings is 1. The van der Waals surface area contributed by atoms with Gasteiger partial charge in [0.15, 0.2) is 0 Å². The van der Waals surface area contributed by atoms with Crippen molar-refractivity contribution >= 4 is 17.5 Å². The first-order valence-electron chi connectivity index (χ1n) is 9.22. The molecule has 0 amide bonds. The normalized spacial score (nSPS) is 14.5. The maximum atomic E-state index is 14.7. The van der Waals surface area contributed by atoms with E-state index in [9.17, 15) is 4.39 Å². The summed E-state index contributed by atoms with van der Waals surface area (Å²) in [6, 6.07) is 3.15. The summed E-state index contributed by atoms with van der Waals surface area (Å²) in [4.78, 5) is 10.9. The van der Waals surface area contributed by atoms with Crippen LogP contribution < -0.4 is 15.4 Å². The fourth-order valence-electron chi connectivity index (χ4n) is 3.09. The van der Waals surface area contributed by atoms with Crippen LogP contribution in [0.5, 0.6) is 5.75 Å². The first-order valence-corrected chi connectivity index (χ1v) is 9.22. The van der Waals surface area contributed by atoms with Crippen LogP contribution in [0.3, 0.4) is 0 Å². The number of halogens is 1. The van der Waals surface area contributed by atoms with E-state index in [1.54, 1.807) is 32.5 Å². The lowest BCUT2D eigenvalue weighted by Gasteiger charge is -2.27. The van der Waals surface area contributed by atoms with E-state index >= 15 is 0 Å². The summed E-state index contributed by atoms with van der Waals surface area (Å²) in [6.45, 7) is 7.18. The molecule has 2 heterocycles. The van der Waals surface area contributed by atoms with Gasteiger partial charge in [-0.3, -0.25) is 4.90 Å². The second-order valence-corrected chi connectivity index (χ2v) is 6.47. The van der Waals surface area contributed by atoms with Crippen LogP contribution in [0.25, 0.3) is 0 Å². The molecule has 8 heteroatoms. The number of morpholine rings is 1. The van der Waals surface area contributed by atoms with Crippen LogP contribution in [0.4, 0.5) is 21.8 Å². The topological polar surface area (TPSA) is 71.5 Å². The van der Waals surface area contributed by atoms with Crippen LogP contribution in [0.15, 0.2) is 31.0 Å². The lowest BCUT2D eigenvalue weighted by atomic mass is 10.1. The second-order valence-electron chi connectivity index (χ2n) is 6.47. The molecule has 2 aromatic rings. The summed E-state index contributed by atoms with van der Waals surface area (Å²) in [5.41, 5.74) is 1.99. The number of nitrogens with one attached hydrogen (secondary N) is 2. The summed E-state index contributed by atoms with van der Waals surface area (Å²) < 4.78 is 25.5. The predicted octanol–water partition coefficient (Wildman–Crippen LogP) is 2.97. The van der Waals surface area contributed by atoms with Crippen LogP contribution in [0.2, 0.25) is 0 Å². The molecular formula is C20H26FN5O2. The molecule has 150 valence electrons. The lowest BCUT2D eigenvalue weighted by molar-refractivity contribution is 0.0337. The second kappa shape index (κ2) is 9.48. The average molecular weight is 387 g/mol. The summed E-state index contributed by atoms with van der Waals surface area (Å²) in [5, 5.41) is 6.09. The monoisotopic (exact) mass is 387 g/mol. The third kappa shape index (κ3) is 4.76. The smallest absolute Gasteiger partial charge is 0.229 e. The molecule has 3 rings (SSSR count). The van der Waals surface area contributed by atoms with Crippen LogP contribution >= 0.6 is 0 Å². The van der Waals surface area contributed by atoms with Gasteiger partial charge in [0.05, 0.1) is 26.0 Å². The number of hydrogen-bond donors (Lipinski definition) is 2. The van der Waals surface area contributed by atoms with Gasteiger partial charge in [0, 0.05) is 50.1 Å². The fraction of sp³-hybridized carbons (Fsp3) is 0.400. The molecule has 1 aliphatic heterocycles. The Bertz CT molecular complexity index is 824. The van der Waals surface area contributed by atoms with Gasteiger partial charge in [-0.15, -0.1) is 6.58 Å². The Morgan fingerprint density at radius 2 is 2.11 bits per heavy atom. The number of hydrogen-bond acceptors (Lipinski definition) is 7. The Morgan fingerprint density at radius 1 is 1.32 bits per heavy atom. The standard InChI is InChI=1S/C20H26FN5O2/c1-4-5-14-12-23-20(25-19(14)22-2)24-17-11-16(21)15(10-18(17)27-3)13-26-6-8-28-9-7-26/h4,10-12H,1,5-9,13H2,2-3H3,(H2,22,23,24,25). The van der Waals surface area contributed by atoms with Crippen LogP contribution in [0, 0.1) is 5.82 Å². The molecular weight excluding hydrogens is 361 g/mol. The molecule has 7 nitrogen and oxygen atoms in total. The van der Waals surface area contributed by atoms with Crippen molar-refractivity contribution < 1.29 is 13.9 Å². The zero-order valence-corrected chi connectivity index (χ0v) is 16.3. The summed E-state index contributed by atoms with van der Waals surface area (Å²) >= 11 is 0. The zero-order chi connectivity index (χ0) is 19.9. The Balaban J connectivity index is 1.81. The minimum absolute atomic E-state index is 0.299. The molecule has 1 fully saturated rings. The SMILES string of the molecule is C=CCc1cnc(Nc2cc(F)c(CN3CCOCC3)cc2OC)nc1NC. The molecule has 0 unspecified atom stereocenters. The first kappa shape index (κ1) is 20.0. The van der Waals surface area contributed by atoms with E-state index in [0.717, 1.165) is 18.7 Å². The lowest BCUT2D eigenvalue weighted by Crippen LogP contribution is -2.35. The van der Waals surface area contributed by atoms with E-state index in [4.69, 9.17) is 9.47 Å². The largest absolute Gasteiger partial charge is 0.495 e. The van der Waals surface area contributed by atoms with Crippen molar-refractivity contribution in [3.8, 4) is 5.75 Å². The molecule has 1 saturated heterocycles.